The van der Waals surface area contributed by atoms with Gasteiger partial charge in [0.15, 0.2) is 10.6 Å². The molecule has 1 N–H and O–H groups in total. The van der Waals surface area contributed by atoms with E-state index in [0.29, 0.717) is 22.8 Å². The van der Waals surface area contributed by atoms with Gasteiger partial charge in [-0.1, -0.05) is 30.3 Å². The molecule has 2 unspecified atom stereocenters. The van der Waals surface area contributed by atoms with Crippen molar-refractivity contribution < 1.29 is 4.74 Å². The standard InChI is InChI=1S/C15H17N3OS/c20-15-17-16-14(11-4-2-1-3-5-11)18(15)12-8-9-19-13(12)10-6-7-10/h1-5,10,12-13H,6-9H2,(H,17,20). The summed E-state index contributed by atoms with van der Waals surface area (Å²) in [5.74, 6) is 1.64. The van der Waals surface area contributed by atoms with Crippen molar-refractivity contribution in [2.45, 2.75) is 31.4 Å². The summed E-state index contributed by atoms with van der Waals surface area (Å²) >= 11 is 5.46. The Morgan fingerprint density at radius 1 is 1.20 bits per heavy atom. The van der Waals surface area contributed by atoms with E-state index in [1.165, 1.54) is 12.8 Å². The minimum absolute atomic E-state index is 0.307. The van der Waals surface area contributed by atoms with Crippen LogP contribution in [0.25, 0.3) is 11.4 Å². The first-order valence-electron chi connectivity index (χ1n) is 7.18. The largest absolute Gasteiger partial charge is 0.376 e. The number of aromatic nitrogens is 3. The zero-order valence-corrected chi connectivity index (χ0v) is 12.0. The zero-order chi connectivity index (χ0) is 13.5. The maximum absolute atomic E-state index is 5.95. The van der Waals surface area contributed by atoms with E-state index in [-0.39, 0.29) is 0 Å². The van der Waals surface area contributed by atoms with Crippen LogP contribution in [-0.2, 0) is 4.74 Å². The molecule has 1 aromatic heterocycles. The van der Waals surface area contributed by atoms with Gasteiger partial charge >= 0.3 is 0 Å². The quantitative estimate of drug-likeness (QED) is 0.880. The van der Waals surface area contributed by atoms with Crippen LogP contribution in [0.15, 0.2) is 30.3 Å². The van der Waals surface area contributed by atoms with E-state index in [9.17, 15) is 0 Å². The van der Waals surface area contributed by atoms with Crippen LogP contribution in [-0.4, -0.2) is 27.5 Å². The number of benzene rings is 1. The van der Waals surface area contributed by atoms with Crippen LogP contribution in [0.2, 0.25) is 0 Å². The third-order valence-electron chi connectivity index (χ3n) is 4.26. The second kappa shape index (κ2) is 4.82. The van der Waals surface area contributed by atoms with Gasteiger partial charge in [0.05, 0.1) is 12.1 Å². The molecule has 4 nitrogen and oxygen atoms in total. The normalized spacial score (nSPS) is 26.0. The zero-order valence-electron chi connectivity index (χ0n) is 11.2. The Hall–Kier alpha value is -1.46. The van der Waals surface area contributed by atoms with Gasteiger partial charge in [-0.3, -0.25) is 9.67 Å². The summed E-state index contributed by atoms with van der Waals surface area (Å²) in [6, 6.07) is 10.5. The first kappa shape index (κ1) is 12.3. The Labute approximate surface area is 122 Å². The van der Waals surface area contributed by atoms with Gasteiger partial charge in [0.2, 0.25) is 0 Å². The lowest BCUT2D eigenvalue weighted by molar-refractivity contribution is 0.0751. The molecule has 2 fully saturated rings. The van der Waals surface area contributed by atoms with Gasteiger partial charge in [0.1, 0.15) is 0 Å². The Kier molecular flexibility index (Phi) is 2.97. The summed E-state index contributed by atoms with van der Waals surface area (Å²) in [4.78, 5) is 0. The second-order valence-electron chi connectivity index (χ2n) is 5.62. The van der Waals surface area contributed by atoms with Crippen molar-refractivity contribution in [1.82, 2.24) is 14.8 Å². The summed E-state index contributed by atoms with van der Waals surface area (Å²) in [6.45, 7) is 0.826. The molecule has 2 atom stereocenters. The maximum Gasteiger partial charge on any atom is 0.195 e. The van der Waals surface area contributed by atoms with Gasteiger partial charge in [0, 0.05) is 12.2 Å². The van der Waals surface area contributed by atoms with E-state index in [2.05, 4.69) is 26.9 Å². The highest BCUT2D eigenvalue weighted by Crippen LogP contribution is 2.44. The van der Waals surface area contributed by atoms with Crippen LogP contribution in [0.3, 0.4) is 0 Å². The number of hydrogen-bond acceptors (Lipinski definition) is 3. The number of hydrogen-bond donors (Lipinski definition) is 1. The molecule has 1 aliphatic heterocycles. The van der Waals surface area contributed by atoms with E-state index >= 15 is 0 Å². The number of ether oxygens (including phenoxy) is 1. The number of nitrogens with zero attached hydrogens (tertiary/aromatic N) is 2. The first-order valence-corrected chi connectivity index (χ1v) is 7.59. The van der Waals surface area contributed by atoms with Gasteiger partial charge in [-0.15, -0.1) is 0 Å². The molecular formula is C15H17N3OS. The van der Waals surface area contributed by atoms with Gasteiger partial charge in [-0.2, -0.15) is 5.10 Å². The molecule has 1 saturated heterocycles. The van der Waals surface area contributed by atoms with Crippen molar-refractivity contribution >= 4 is 12.2 Å². The second-order valence-corrected chi connectivity index (χ2v) is 6.00. The lowest BCUT2D eigenvalue weighted by Gasteiger charge is -2.20. The van der Waals surface area contributed by atoms with Gasteiger partial charge in [0.25, 0.3) is 0 Å². The molecule has 1 aromatic carbocycles. The number of rotatable bonds is 3. The Balaban J connectivity index is 1.78. The lowest BCUT2D eigenvalue weighted by Crippen LogP contribution is -2.23. The number of nitrogens with one attached hydrogen (secondary N) is 1. The molecule has 5 heteroatoms. The highest BCUT2D eigenvalue weighted by Gasteiger charge is 2.42. The molecular weight excluding hydrogens is 270 g/mol. The molecule has 1 saturated carbocycles. The molecule has 0 bridgehead atoms. The highest BCUT2D eigenvalue weighted by atomic mass is 32.1. The molecule has 0 amide bonds. The minimum Gasteiger partial charge on any atom is -0.376 e. The fourth-order valence-corrected chi connectivity index (χ4v) is 3.42. The summed E-state index contributed by atoms with van der Waals surface area (Å²) in [6.07, 6.45) is 3.90. The van der Waals surface area contributed by atoms with Crippen molar-refractivity contribution in [3.8, 4) is 11.4 Å². The van der Waals surface area contributed by atoms with E-state index in [4.69, 9.17) is 17.0 Å². The Morgan fingerprint density at radius 3 is 2.75 bits per heavy atom. The van der Waals surface area contributed by atoms with Crippen molar-refractivity contribution in [3.63, 3.8) is 0 Å². The fourth-order valence-electron chi connectivity index (χ4n) is 3.15. The van der Waals surface area contributed by atoms with Crippen LogP contribution in [0.5, 0.6) is 0 Å². The van der Waals surface area contributed by atoms with Crippen molar-refractivity contribution in [2.24, 2.45) is 5.92 Å². The van der Waals surface area contributed by atoms with E-state index in [0.717, 1.165) is 24.4 Å². The maximum atomic E-state index is 5.95. The number of H-pyrrole nitrogens is 1. The predicted molar refractivity (Wildman–Crippen MR) is 79.0 cm³/mol. The van der Waals surface area contributed by atoms with Crippen LogP contribution in [0.4, 0.5) is 0 Å². The topological polar surface area (TPSA) is 42.8 Å². The molecule has 0 spiro atoms. The van der Waals surface area contributed by atoms with Crippen LogP contribution in [0, 0.1) is 10.7 Å². The highest BCUT2D eigenvalue weighted by molar-refractivity contribution is 7.71. The van der Waals surface area contributed by atoms with Crippen molar-refractivity contribution in [2.75, 3.05) is 6.61 Å². The SMILES string of the molecule is S=c1[nH]nc(-c2ccccc2)n1C1CCOC1C1CC1. The van der Waals surface area contributed by atoms with E-state index in [1.807, 2.05) is 18.2 Å². The molecule has 2 heterocycles. The molecule has 1 aliphatic carbocycles. The molecule has 104 valence electrons. The fraction of sp³-hybridized carbons (Fsp3) is 0.467. The third-order valence-corrected chi connectivity index (χ3v) is 4.55. The van der Waals surface area contributed by atoms with Crippen molar-refractivity contribution in [1.29, 1.82) is 0 Å². The van der Waals surface area contributed by atoms with Gasteiger partial charge in [-0.25, -0.2) is 0 Å². The molecule has 0 radical (unpaired) electrons. The summed E-state index contributed by atoms with van der Waals surface area (Å²) in [5.41, 5.74) is 1.10. The van der Waals surface area contributed by atoms with Crippen LogP contribution in [0.1, 0.15) is 25.3 Å². The lowest BCUT2D eigenvalue weighted by atomic mass is 10.1. The van der Waals surface area contributed by atoms with Crippen LogP contribution >= 0.6 is 12.2 Å². The average Bonchev–Trinajstić information content (AvgIpc) is 3.09. The number of aromatic amines is 1. The average molecular weight is 287 g/mol. The third kappa shape index (κ3) is 2.01. The molecule has 20 heavy (non-hydrogen) atoms. The van der Waals surface area contributed by atoms with Gasteiger partial charge in [-0.05, 0) is 37.4 Å². The molecule has 2 aliphatic rings. The Bertz CT molecular complexity index is 659. The summed E-state index contributed by atoms with van der Waals surface area (Å²) in [5, 5.41) is 7.39. The summed E-state index contributed by atoms with van der Waals surface area (Å²) < 4.78 is 8.82. The minimum atomic E-state index is 0.307. The van der Waals surface area contributed by atoms with E-state index < -0.39 is 0 Å². The molecule has 2 aromatic rings. The van der Waals surface area contributed by atoms with E-state index in [1.54, 1.807) is 0 Å². The summed E-state index contributed by atoms with van der Waals surface area (Å²) in [7, 11) is 0. The van der Waals surface area contributed by atoms with Gasteiger partial charge < -0.3 is 4.74 Å². The van der Waals surface area contributed by atoms with Crippen molar-refractivity contribution in [3.05, 3.63) is 35.1 Å². The first-order chi connectivity index (χ1) is 9.84. The Morgan fingerprint density at radius 2 is 2.00 bits per heavy atom. The predicted octanol–water partition coefficient (Wildman–Crippen LogP) is 3.35. The monoisotopic (exact) mass is 287 g/mol. The van der Waals surface area contributed by atoms with Crippen LogP contribution < -0.4 is 0 Å². The smallest absolute Gasteiger partial charge is 0.195 e. The molecule has 4 rings (SSSR count).